The molecule has 0 saturated carbocycles. The van der Waals surface area contributed by atoms with E-state index in [0.717, 1.165) is 38.2 Å². The maximum absolute atomic E-state index is 12.1. The van der Waals surface area contributed by atoms with Crippen molar-refractivity contribution in [1.29, 1.82) is 0 Å². The van der Waals surface area contributed by atoms with Gasteiger partial charge in [0, 0.05) is 13.1 Å². The number of nitrogens with one attached hydrogen (secondary N) is 1. The van der Waals surface area contributed by atoms with Gasteiger partial charge in [-0.25, -0.2) is 4.98 Å². The van der Waals surface area contributed by atoms with E-state index in [2.05, 4.69) is 36.0 Å². The van der Waals surface area contributed by atoms with E-state index in [1.165, 1.54) is 5.56 Å². The van der Waals surface area contributed by atoms with Gasteiger partial charge in [0.1, 0.15) is 11.6 Å². The molecule has 0 bridgehead atoms. The Kier molecular flexibility index (Phi) is 7.93. The van der Waals surface area contributed by atoms with Crippen molar-refractivity contribution in [2.45, 2.75) is 40.0 Å². The smallest absolute Gasteiger partial charge is 0.262 e. The summed E-state index contributed by atoms with van der Waals surface area (Å²) < 4.78 is 5.52. The molecule has 1 aromatic heterocycles. The molecule has 0 spiro atoms. The van der Waals surface area contributed by atoms with Crippen LogP contribution in [-0.2, 0) is 11.2 Å². The Bertz CT molecular complexity index is 663. The van der Waals surface area contributed by atoms with E-state index >= 15 is 0 Å². The molecule has 0 fully saturated rings. The number of carbonyl (C=O) groups is 1. The SMILES string of the molecule is CCCN(CCC)c1ccc(NC(=O)COc2ccc(CC)cc2)cn1. The van der Waals surface area contributed by atoms with Gasteiger partial charge < -0.3 is 15.0 Å². The zero-order chi connectivity index (χ0) is 18.8. The van der Waals surface area contributed by atoms with Crippen LogP contribution in [0.4, 0.5) is 11.5 Å². The fourth-order valence-electron chi connectivity index (χ4n) is 2.70. The number of amides is 1. The summed E-state index contributed by atoms with van der Waals surface area (Å²) >= 11 is 0. The zero-order valence-electron chi connectivity index (χ0n) is 16.0. The predicted octanol–water partition coefficient (Wildman–Crippen LogP) is 4.29. The number of benzene rings is 1. The highest BCUT2D eigenvalue weighted by molar-refractivity contribution is 5.91. The second-order valence-corrected chi connectivity index (χ2v) is 6.23. The van der Waals surface area contributed by atoms with Crippen molar-refractivity contribution >= 4 is 17.4 Å². The van der Waals surface area contributed by atoms with Crippen LogP contribution in [0, 0.1) is 0 Å². The largest absolute Gasteiger partial charge is 0.484 e. The van der Waals surface area contributed by atoms with Gasteiger partial charge in [-0.15, -0.1) is 0 Å². The molecular formula is C21H29N3O2. The first-order valence-corrected chi connectivity index (χ1v) is 9.38. The van der Waals surface area contributed by atoms with E-state index in [0.29, 0.717) is 11.4 Å². The summed E-state index contributed by atoms with van der Waals surface area (Å²) in [6.45, 7) is 8.37. The van der Waals surface area contributed by atoms with Crippen LogP contribution in [0.5, 0.6) is 5.75 Å². The van der Waals surface area contributed by atoms with E-state index in [1.54, 1.807) is 6.20 Å². The number of anilines is 2. The first-order valence-electron chi connectivity index (χ1n) is 9.38. The van der Waals surface area contributed by atoms with Gasteiger partial charge in [0.15, 0.2) is 6.61 Å². The van der Waals surface area contributed by atoms with Crippen LogP contribution in [0.25, 0.3) is 0 Å². The molecule has 5 heteroatoms. The number of hydrogen-bond acceptors (Lipinski definition) is 4. The van der Waals surface area contributed by atoms with Gasteiger partial charge in [0.25, 0.3) is 5.91 Å². The fourth-order valence-corrected chi connectivity index (χ4v) is 2.70. The van der Waals surface area contributed by atoms with Gasteiger partial charge in [-0.05, 0) is 49.1 Å². The first-order chi connectivity index (χ1) is 12.7. The molecule has 2 aromatic rings. The van der Waals surface area contributed by atoms with Crippen molar-refractivity contribution in [1.82, 2.24) is 4.98 Å². The Morgan fingerprint density at radius 1 is 1.04 bits per heavy atom. The molecule has 0 unspecified atom stereocenters. The van der Waals surface area contributed by atoms with Crippen LogP contribution in [0.1, 0.15) is 39.2 Å². The van der Waals surface area contributed by atoms with E-state index in [1.807, 2.05) is 36.4 Å². The summed E-state index contributed by atoms with van der Waals surface area (Å²) in [5, 5.41) is 2.82. The van der Waals surface area contributed by atoms with Crippen LogP contribution in [0.2, 0.25) is 0 Å². The number of aromatic nitrogens is 1. The molecule has 0 radical (unpaired) electrons. The number of ether oxygens (including phenoxy) is 1. The highest BCUT2D eigenvalue weighted by Gasteiger charge is 2.08. The number of pyridine rings is 1. The molecule has 140 valence electrons. The Balaban J connectivity index is 1.86. The van der Waals surface area contributed by atoms with E-state index in [4.69, 9.17) is 4.74 Å². The predicted molar refractivity (Wildman–Crippen MR) is 107 cm³/mol. The number of hydrogen-bond donors (Lipinski definition) is 1. The lowest BCUT2D eigenvalue weighted by atomic mass is 10.2. The summed E-state index contributed by atoms with van der Waals surface area (Å²) in [6, 6.07) is 11.6. The maximum atomic E-state index is 12.1. The average Bonchev–Trinajstić information content (AvgIpc) is 2.67. The van der Waals surface area contributed by atoms with E-state index in [-0.39, 0.29) is 12.5 Å². The number of rotatable bonds is 10. The van der Waals surface area contributed by atoms with Gasteiger partial charge in [-0.2, -0.15) is 0 Å². The second kappa shape index (κ2) is 10.4. The van der Waals surface area contributed by atoms with Gasteiger partial charge in [-0.3, -0.25) is 4.79 Å². The summed E-state index contributed by atoms with van der Waals surface area (Å²) in [4.78, 5) is 18.8. The number of aryl methyl sites for hydroxylation is 1. The molecule has 1 amide bonds. The van der Waals surface area contributed by atoms with Crippen LogP contribution < -0.4 is 15.0 Å². The van der Waals surface area contributed by atoms with Crippen molar-refractivity contribution in [3.05, 3.63) is 48.2 Å². The molecular weight excluding hydrogens is 326 g/mol. The highest BCUT2D eigenvalue weighted by Crippen LogP contribution is 2.16. The maximum Gasteiger partial charge on any atom is 0.262 e. The summed E-state index contributed by atoms with van der Waals surface area (Å²) in [5.74, 6) is 1.44. The van der Waals surface area contributed by atoms with Crippen molar-refractivity contribution in [2.75, 3.05) is 29.9 Å². The molecule has 0 aliphatic rings. The third-order valence-corrected chi connectivity index (χ3v) is 4.04. The third-order valence-electron chi connectivity index (χ3n) is 4.04. The van der Waals surface area contributed by atoms with Gasteiger partial charge >= 0.3 is 0 Å². The van der Waals surface area contributed by atoms with E-state index < -0.39 is 0 Å². The van der Waals surface area contributed by atoms with Gasteiger partial charge in [-0.1, -0.05) is 32.9 Å². The van der Waals surface area contributed by atoms with Crippen LogP contribution in [0.3, 0.4) is 0 Å². The van der Waals surface area contributed by atoms with Gasteiger partial charge in [0.05, 0.1) is 11.9 Å². The summed E-state index contributed by atoms with van der Waals surface area (Å²) in [6.07, 6.45) is 4.84. The lowest BCUT2D eigenvalue weighted by Crippen LogP contribution is -2.26. The summed E-state index contributed by atoms with van der Waals surface area (Å²) in [7, 11) is 0. The van der Waals surface area contributed by atoms with Crippen molar-refractivity contribution in [3.63, 3.8) is 0 Å². The topological polar surface area (TPSA) is 54.5 Å². The van der Waals surface area contributed by atoms with Crippen molar-refractivity contribution in [3.8, 4) is 5.75 Å². The quantitative estimate of drug-likeness (QED) is 0.691. The Labute approximate surface area is 156 Å². The lowest BCUT2D eigenvalue weighted by molar-refractivity contribution is -0.118. The third kappa shape index (κ3) is 6.06. The lowest BCUT2D eigenvalue weighted by Gasteiger charge is -2.22. The van der Waals surface area contributed by atoms with E-state index in [9.17, 15) is 4.79 Å². The van der Waals surface area contributed by atoms with Crippen molar-refractivity contribution < 1.29 is 9.53 Å². The zero-order valence-corrected chi connectivity index (χ0v) is 16.0. The summed E-state index contributed by atoms with van der Waals surface area (Å²) in [5.41, 5.74) is 1.92. The first kappa shape index (κ1) is 19.8. The second-order valence-electron chi connectivity index (χ2n) is 6.23. The molecule has 5 nitrogen and oxygen atoms in total. The molecule has 0 saturated heterocycles. The molecule has 0 aliphatic heterocycles. The molecule has 2 rings (SSSR count). The minimum absolute atomic E-state index is 0.0228. The molecule has 1 N–H and O–H groups in total. The van der Waals surface area contributed by atoms with Crippen LogP contribution in [0.15, 0.2) is 42.6 Å². The Morgan fingerprint density at radius 3 is 2.27 bits per heavy atom. The average molecular weight is 355 g/mol. The monoisotopic (exact) mass is 355 g/mol. The molecule has 1 aromatic carbocycles. The number of carbonyl (C=O) groups excluding carboxylic acids is 1. The van der Waals surface area contributed by atoms with Crippen LogP contribution >= 0.6 is 0 Å². The highest BCUT2D eigenvalue weighted by atomic mass is 16.5. The molecule has 26 heavy (non-hydrogen) atoms. The minimum Gasteiger partial charge on any atom is -0.484 e. The normalized spacial score (nSPS) is 10.4. The fraction of sp³-hybridized carbons (Fsp3) is 0.429. The molecule has 1 heterocycles. The van der Waals surface area contributed by atoms with Crippen LogP contribution in [-0.4, -0.2) is 30.6 Å². The molecule has 0 atom stereocenters. The van der Waals surface area contributed by atoms with Gasteiger partial charge in [0.2, 0.25) is 0 Å². The van der Waals surface area contributed by atoms with Crippen molar-refractivity contribution in [2.24, 2.45) is 0 Å². The Hall–Kier alpha value is -2.56. The minimum atomic E-state index is -0.196. The Morgan fingerprint density at radius 2 is 1.73 bits per heavy atom. The number of nitrogens with zero attached hydrogens (tertiary/aromatic N) is 2. The standard InChI is InChI=1S/C21H29N3O2/c1-4-13-24(14-5-2)20-12-9-18(15-22-20)23-21(25)16-26-19-10-7-17(6-3)8-11-19/h7-12,15H,4-6,13-14,16H2,1-3H3,(H,23,25). The molecule has 0 aliphatic carbocycles.